The van der Waals surface area contributed by atoms with Crippen LogP contribution in [0.5, 0.6) is 0 Å². The first-order valence-electron chi connectivity index (χ1n) is 6.57. The second-order valence-electron chi connectivity index (χ2n) is 4.99. The van der Waals surface area contributed by atoms with E-state index >= 15 is 0 Å². The first-order chi connectivity index (χ1) is 8.99. The summed E-state index contributed by atoms with van der Waals surface area (Å²) >= 11 is 0. The molecule has 0 radical (unpaired) electrons. The largest absolute Gasteiger partial charge is 0.398 e. The SMILES string of the molecule is Cc1ccc(S(=O)(=O)NCCN2CCCC2)c(N)c1. The van der Waals surface area contributed by atoms with Crippen molar-refractivity contribution >= 4 is 15.7 Å². The molecule has 106 valence electrons. The number of hydrogen-bond acceptors (Lipinski definition) is 4. The van der Waals surface area contributed by atoms with Crippen molar-refractivity contribution < 1.29 is 8.42 Å². The number of aryl methyl sites for hydroxylation is 1. The Hall–Kier alpha value is -1.11. The van der Waals surface area contributed by atoms with E-state index in [9.17, 15) is 8.42 Å². The highest BCUT2D eigenvalue weighted by Gasteiger charge is 2.18. The van der Waals surface area contributed by atoms with E-state index in [1.165, 1.54) is 12.8 Å². The predicted molar refractivity (Wildman–Crippen MR) is 76.5 cm³/mol. The Kier molecular flexibility index (Phi) is 4.44. The summed E-state index contributed by atoms with van der Waals surface area (Å²) in [6.45, 7) is 5.19. The van der Waals surface area contributed by atoms with E-state index in [1.807, 2.05) is 6.92 Å². The van der Waals surface area contributed by atoms with Crippen LogP contribution in [0.4, 0.5) is 5.69 Å². The molecule has 1 saturated heterocycles. The summed E-state index contributed by atoms with van der Waals surface area (Å²) in [6.07, 6.45) is 2.41. The quantitative estimate of drug-likeness (QED) is 0.789. The Balaban J connectivity index is 1.97. The highest BCUT2D eigenvalue weighted by molar-refractivity contribution is 7.89. The fraction of sp³-hybridized carbons (Fsp3) is 0.538. The smallest absolute Gasteiger partial charge is 0.242 e. The van der Waals surface area contributed by atoms with E-state index in [1.54, 1.807) is 18.2 Å². The summed E-state index contributed by atoms with van der Waals surface area (Å²) in [7, 11) is -3.50. The van der Waals surface area contributed by atoms with Crippen molar-refractivity contribution in [1.29, 1.82) is 0 Å². The van der Waals surface area contributed by atoms with Gasteiger partial charge < -0.3 is 10.6 Å². The number of nitrogen functional groups attached to an aromatic ring is 1. The van der Waals surface area contributed by atoms with Gasteiger partial charge in [-0.1, -0.05) is 6.07 Å². The minimum Gasteiger partial charge on any atom is -0.398 e. The molecule has 0 amide bonds. The van der Waals surface area contributed by atoms with E-state index in [0.29, 0.717) is 12.2 Å². The normalized spacial score (nSPS) is 16.9. The molecule has 6 heteroatoms. The Bertz CT molecular complexity index is 537. The van der Waals surface area contributed by atoms with Crippen molar-refractivity contribution in [1.82, 2.24) is 9.62 Å². The molecule has 2 rings (SSSR count). The molecule has 0 spiro atoms. The van der Waals surface area contributed by atoms with Gasteiger partial charge in [-0.05, 0) is 50.6 Å². The zero-order valence-electron chi connectivity index (χ0n) is 11.2. The lowest BCUT2D eigenvalue weighted by molar-refractivity contribution is 0.344. The van der Waals surface area contributed by atoms with Crippen LogP contribution in [0.3, 0.4) is 0 Å². The molecule has 0 aliphatic carbocycles. The van der Waals surface area contributed by atoms with Crippen molar-refractivity contribution in [2.24, 2.45) is 0 Å². The third-order valence-corrected chi connectivity index (χ3v) is 4.91. The van der Waals surface area contributed by atoms with Crippen LogP contribution in [0.2, 0.25) is 0 Å². The van der Waals surface area contributed by atoms with Gasteiger partial charge >= 0.3 is 0 Å². The highest BCUT2D eigenvalue weighted by atomic mass is 32.2. The Morgan fingerprint density at radius 2 is 2.00 bits per heavy atom. The van der Waals surface area contributed by atoms with Gasteiger partial charge in [-0.15, -0.1) is 0 Å². The average Bonchev–Trinajstić information content (AvgIpc) is 2.81. The molecule has 1 aromatic rings. The number of anilines is 1. The van der Waals surface area contributed by atoms with Crippen molar-refractivity contribution in [3.8, 4) is 0 Å². The highest BCUT2D eigenvalue weighted by Crippen LogP contribution is 2.19. The van der Waals surface area contributed by atoms with Crippen molar-refractivity contribution in [2.75, 3.05) is 31.9 Å². The molecule has 1 heterocycles. The molecule has 0 saturated carbocycles. The lowest BCUT2D eigenvalue weighted by Gasteiger charge is -2.15. The van der Waals surface area contributed by atoms with E-state index in [4.69, 9.17) is 5.73 Å². The first kappa shape index (κ1) is 14.3. The molecule has 19 heavy (non-hydrogen) atoms. The van der Waals surface area contributed by atoms with Crippen LogP contribution >= 0.6 is 0 Å². The molecule has 0 atom stereocenters. The molecular weight excluding hydrogens is 262 g/mol. The van der Waals surface area contributed by atoms with E-state index < -0.39 is 10.0 Å². The summed E-state index contributed by atoms with van der Waals surface area (Å²) in [5, 5.41) is 0. The Labute approximate surface area is 114 Å². The van der Waals surface area contributed by atoms with Gasteiger partial charge in [0.2, 0.25) is 10.0 Å². The molecule has 5 nitrogen and oxygen atoms in total. The molecule has 1 aromatic carbocycles. The maximum Gasteiger partial charge on any atom is 0.242 e. The van der Waals surface area contributed by atoms with E-state index in [2.05, 4.69) is 9.62 Å². The van der Waals surface area contributed by atoms with Crippen molar-refractivity contribution in [3.63, 3.8) is 0 Å². The summed E-state index contributed by atoms with van der Waals surface area (Å²) in [5.74, 6) is 0. The number of hydrogen-bond donors (Lipinski definition) is 2. The minimum absolute atomic E-state index is 0.166. The molecule has 0 bridgehead atoms. The standard InChI is InChI=1S/C13H21N3O2S/c1-11-4-5-13(12(14)10-11)19(17,18)15-6-9-16-7-2-3-8-16/h4-5,10,15H,2-3,6-9,14H2,1H3. The molecule has 1 fully saturated rings. The zero-order valence-corrected chi connectivity index (χ0v) is 12.0. The zero-order chi connectivity index (χ0) is 13.9. The van der Waals surface area contributed by atoms with Gasteiger partial charge in [-0.2, -0.15) is 0 Å². The van der Waals surface area contributed by atoms with Crippen LogP contribution in [0.25, 0.3) is 0 Å². The van der Waals surface area contributed by atoms with Crippen molar-refractivity contribution in [3.05, 3.63) is 23.8 Å². The monoisotopic (exact) mass is 283 g/mol. The van der Waals surface area contributed by atoms with Gasteiger partial charge in [0.05, 0.1) is 5.69 Å². The number of nitrogens with two attached hydrogens (primary N) is 1. The molecule has 0 aromatic heterocycles. The lowest BCUT2D eigenvalue weighted by atomic mass is 10.2. The van der Waals surface area contributed by atoms with Crippen LogP contribution < -0.4 is 10.5 Å². The van der Waals surface area contributed by atoms with Gasteiger partial charge in [-0.25, -0.2) is 13.1 Å². The van der Waals surface area contributed by atoms with Gasteiger partial charge in [0.1, 0.15) is 4.90 Å². The van der Waals surface area contributed by atoms with Crippen LogP contribution in [0.15, 0.2) is 23.1 Å². The summed E-state index contributed by atoms with van der Waals surface area (Å²) in [6, 6.07) is 4.99. The lowest BCUT2D eigenvalue weighted by Crippen LogP contribution is -2.33. The maximum absolute atomic E-state index is 12.1. The van der Waals surface area contributed by atoms with Crippen LogP contribution in [-0.4, -0.2) is 39.5 Å². The van der Waals surface area contributed by atoms with E-state index in [-0.39, 0.29) is 4.90 Å². The fourth-order valence-corrected chi connectivity index (χ4v) is 3.47. The molecule has 0 unspecified atom stereocenters. The van der Waals surface area contributed by atoms with Gasteiger partial charge in [0.25, 0.3) is 0 Å². The molecule has 3 N–H and O–H groups in total. The number of sulfonamides is 1. The molecule has 1 aliphatic heterocycles. The van der Waals surface area contributed by atoms with Crippen LogP contribution in [0, 0.1) is 6.92 Å². The van der Waals surface area contributed by atoms with E-state index in [0.717, 1.165) is 25.2 Å². The summed E-state index contributed by atoms with van der Waals surface area (Å²) in [5.41, 5.74) is 7.02. The molecule has 1 aliphatic rings. The number of likely N-dealkylation sites (tertiary alicyclic amines) is 1. The second kappa shape index (κ2) is 5.90. The summed E-state index contributed by atoms with van der Waals surface area (Å²) < 4.78 is 26.9. The second-order valence-corrected chi connectivity index (χ2v) is 6.72. The predicted octanol–water partition coefficient (Wildman–Crippen LogP) is 0.951. The van der Waals surface area contributed by atoms with Crippen LogP contribution in [-0.2, 0) is 10.0 Å². The van der Waals surface area contributed by atoms with Crippen molar-refractivity contribution in [2.45, 2.75) is 24.7 Å². The molecular formula is C13H21N3O2S. The Morgan fingerprint density at radius 1 is 1.32 bits per heavy atom. The third kappa shape index (κ3) is 3.68. The van der Waals surface area contributed by atoms with Gasteiger partial charge in [0.15, 0.2) is 0 Å². The first-order valence-corrected chi connectivity index (χ1v) is 8.05. The van der Waals surface area contributed by atoms with Gasteiger partial charge in [-0.3, -0.25) is 0 Å². The fourth-order valence-electron chi connectivity index (χ4n) is 2.33. The topological polar surface area (TPSA) is 75.4 Å². The number of nitrogens with one attached hydrogen (secondary N) is 1. The maximum atomic E-state index is 12.1. The average molecular weight is 283 g/mol. The van der Waals surface area contributed by atoms with Crippen LogP contribution in [0.1, 0.15) is 18.4 Å². The third-order valence-electron chi connectivity index (χ3n) is 3.37. The number of nitrogens with zero attached hydrogens (tertiary/aromatic N) is 1. The summed E-state index contributed by atoms with van der Waals surface area (Å²) in [4.78, 5) is 2.43. The minimum atomic E-state index is -3.50. The number of benzene rings is 1. The van der Waals surface area contributed by atoms with Gasteiger partial charge in [0, 0.05) is 13.1 Å². The Morgan fingerprint density at radius 3 is 2.63 bits per heavy atom. The number of rotatable bonds is 5.